The van der Waals surface area contributed by atoms with Crippen molar-refractivity contribution in [1.82, 2.24) is 4.98 Å². The van der Waals surface area contributed by atoms with Crippen LogP contribution in [0.5, 0.6) is 0 Å². The van der Waals surface area contributed by atoms with Crippen LogP contribution in [-0.2, 0) is 28.2 Å². The number of anilines is 2. The molecule has 2 aliphatic heterocycles. The first-order valence-electron chi connectivity index (χ1n) is 11.1. The molecule has 0 spiro atoms. The van der Waals surface area contributed by atoms with Crippen LogP contribution in [0, 0.1) is 0 Å². The molecule has 33 heavy (non-hydrogen) atoms. The van der Waals surface area contributed by atoms with Gasteiger partial charge in [-0.1, -0.05) is 56.3 Å². The van der Waals surface area contributed by atoms with Crippen molar-refractivity contribution < 1.29 is 4.52 Å². The first-order chi connectivity index (χ1) is 15.9. The Hall–Kier alpha value is -2.79. The van der Waals surface area contributed by atoms with Gasteiger partial charge in [-0.2, -0.15) is 5.10 Å². The number of hydrazone groups is 1. The zero-order valence-corrected chi connectivity index (χ0v) is 20.8. The largest absolute Gasteiger partial charge is 0.346 e. The second-order valence-electron chi connectivity index (χ2n) is 8.73. The molecule has 5 nitrogen and oxygen atoms in total. The Morgan fingerprint density at radius 1 is 0.970 bits per heavy atom. The third kappa shape index (κ3) is 3.72. The van der Waals surface area contributed by atoms with Crippen LogP contribution in [-0.4, -0.2) is 24.9 Å². The minimum absolute atomic E-state index is 0.214. The maximum Gasteiger partial charge on any atom is 0.209 e. The SMILES string of the molecule is CN1C(=C2C=NN(c3ccccc3)P2(=S)OCCc2ccccn2)C(C)(C)c2ccccc21. The van der Waals surface area contributed by atoms with Gasteiger partial charge in [-0.15, -0.1) is 0 Å². The highest BCUT2D eigenvalue weighted by molar-refractivity contribution is 8.15. The highest BCUT2D eigenvalue weighted by atomic mass is 32.4. The number of hydrogen-bond donors (Lipinski definition) is 0. The second kappa shape index (κ2) is 8.53. The molecule has 168 valence electrons. The zero-order valence-electron chi connectivity index (χ0n) is 19.0. The lowest BCUT2D eigenvalue weighted by atomic mass is 9.84. The molecule has 0 saturated heterocycles. The summed E-state index contributed by atoms with van der Waals surface area (Å²) in [7, 11) is 2.11. The van der Waals surface area contributed by atoms with E-state index in [0.29, 0.717) is 13.0 Å². The summed E-state index contributed by atoms with van der Waals surface area (Å²) in [4.78, 5) is 6.69. The van der Waals surface area contributed by atoms with Gasteiger partial charge in [0.15, 0.2) is 0 Å². The van der Waals surface area contributed by atoms with E-state index in [9.17, 15) is 0 Å². The zero-order chi connectivity index (χ0) is 23.1. The summed E-state index contributed by atoms with van der Waals surface area (Å²) < 4.78 is 8.56. The average molecular weight is 475 g/mol. The lowest BCUT2D eigenvalue weighted by Crippen LogP contribution is -2.26. The normalized spacial score (nSPS) is 23.2. The van der Waals surface area contributed by atoms with Crippen LogP contribution in [0.25, 0.3) is 0 Å². The van der Waals surface area contributed by atoms with Crippen LogP contribution in [0.4, 0.5) is 11.4 Å². The number of para-hydroxylation sites is 2. The van der Waals surface area contributed by atoms with E-state index in [4.69, 9.17) is 21.4 Å². The lowest BCUT2D eigenvalue weighted by molar-refractivity contribution is 0.356. The first kappa shape index (κ1) is 22.0. The Morgan fingerprint density at radius 3 is 2.42 bits per heavy atom. The van der Waals surface area contributed by atoms with Crippen LogP contribution >= 0.6 is 6.42 Å². The van der Waals surface area contributed by atoms with Crippen molar-refractivity contribution in [3.05, 3.63) is 101 Å². The molecule has 1 unspecified atom stereocenters. The molecule has 1 aromatic heterocycles. The van der Waals surface area contributed by atoms with Crippen molar-refractivity contribution in [2.75, 3.05) is 23.3 Å². The summed E-state index contributed by atoms with van der Waals surface area (Å²) in [5.41, 5.74) is 5.37. The van der Waals surface area contributed by atoms with Crippen molar-refractivity contribution in [1.29, 1.82) is 0 Å². The molecule has 5 rings (SSSR count). The summed E-state index contributed by atoms with van der Waals surface area (Å²) in [6, 6.07) is 24.6. The Morgan fingerprint density at radius 2 is 1.70 bits per heavy atom. The van der Waals surface area contributed by atoms with Gasteiger partial charge in [0, 0.05) is 42.2 Å². The number of allylic oxidation sites excluding steroid dienone is 2. The van der Waals surface area contributed by atoms with E-state index in [-0.39, 0.29) is 5.41 Å². The number of pyridine rings is 1. The predicted molar refractivity (Wildman–Crippen MR) is 140 cm³/mol. The fraction of sp³-hybridized carbons (Fsp3) is 0.231. The van der Waals surface area contributed by atoms with Gasteiger partial charge in [0.05, 0.1) is 23.8 Å². The molecule has 0 aliphatic carbocycles. The summed E-state index contributed by atoms with van der Waals surface area (Å²) in [6.07, 6.45) is 1.74. The standard InChI is InChI=1S/C26H27N4OPS/c1-26(2)22-14-7-8-15-23(22)29(3)25(26)24-19-28-30(21-12-5-4-6-13-21)32(24,33)31-18-16-20-11-9-10-17-27-20/h4-15,17,19H,16,18H2,1-3H3. The highest BCUT2D eigenvalue weighted by Gasteiger charge is 2.46. The summed E-state index contributed by atoms with van der Waals surface area (Å²) in [6.45, 7) is 4.99. The second-order valence-corrected chi connectivity index (χ2v) is 12.4. The molecule has 3 aromatic rings. The van der Waals surface area contributed by atoms with Crippen molar-refractivity contribution in [3.63, 3.8) is 0 Å². The first-order valence-corrected chi connectivity index (χ1v) is 13.7. The molecule has 1 atom stereocenters. The molecule has 0 bridgehead atoms. The number of fused-ring (bicyclic) bond motifs is 1. The molecule has 0 saturated carbocycles. The van der Waals surface area contributed by atoms with Gasteiger partial charge in [0.25, 0.3) is 0 Å². The minimum atomic E-state index is -2.69. The predicted octanol–water partition coefficient (Wildman–Crippen LogP) is 6.10. The fourth-order valence-corrected chi connectivity index (χ4v) is 8.07. The van der Waals surface area contributed by atoms with E-state index in [1.165, 1.54) is 11.3 Å². The van der Waals surface area contributed by atoms with Crippen LogP contribution in [0.3, 0.4) is 0 Å². The summed E-state index contributed by atoms with van der Waals surface area (Å²) in [5, 5.41) is 5.81. The lowest BCUT2D eigenvalue weighted by Gasteiger charge is -2.32. The molecular weight excluding hydrogens is 447 g/mol. The van der Waals surface area contributed by atoms with Gasteiger partial charge in [-0.25, -0.2) is 4.78 Å². The van der Waals surface area contributed by atoms with E-state index in [0.717, 1.165) is 22.4 Å². The number of benzene rings is 2. The molecule has 0 N–H and O–H groups in total. The monoisotopic (exact) mass is 474 g/mol. The molecule has 2 aromatic carbocycles. The molecule has 2 aliphatic rings. The van der Waals surface area contributed by atoms with Gasteiger partial charge in [0.2, 0.25) is 6.42 Å². The van der Waals surface area contributed by atoms with Crippen molar-refractivity contribution >= 4 is 35.8 Å². The minimum Gasteiger partial charge on any atom is -0.346 e. The van der Waals surface area contributed by atoms with E-state index in [1.807, 2.05) is 65.7 Å². The van der Waals surface area contributed by atoms with E-state index < -0.39 is 6.42 Å². The van der Waals surface area contributed by atoms with E-state index >= 15 is 0 Å². The molecule has 7 heteroatoms. The third-order valence-electron chi connectivity index (χ3n) is 6.29. The Balaban J connectivity index is 1.57. The maximum absolute atomic E-state index is 6.63. The fourth-order valence-electron chi connectivity index (χ4n) is 4.73. The highest BCUT2D eigenvalue weighted by Crippen LogP contribution is 2.66. The number of rotatable bonds is 5. The number of likely N-dealkylation sites (N-methyl/N-ethyl adjacent to an activating group) is 1. The Labute approximate surface area is 200 Å². The van der Waals surface area contributed by atoms with Gasteiger partial charge in [0.1, 0.15) is 0 Å². The number of aromatic nitrogens is 1. The molecular formula is C26H27N4OPS. The van der Waals surface area contributed by atoms with Crippen LogP contribution in [0.15, 0.2) is 95.1 Å². The van der Waals surface area contributed by atoms with Crippen LogP contribution in [0.1, 0.15) is 25.1 Å². The van der Waals surface area contributed by atoms with Gasteiger partial charge >= 0.3 is 0 Å². The Kier molecular flexibility index (Phi) is 5.69. The molecule has 0 fully saturated rings. The van der Waals surface area contributed by atoms with Crippen LogP contribution in [0.2, 0.25) is 0 Å². The average Bonchev–Trinajstić information content (AvgIpc) is 3.26. The quantitative estimate of drug-likeness (QED) is 0.418. The van der Waals surface area contributed by atoms with Gasteiger partial charge in [-0.05, 0) is 47.7 Å². The smallest absolute Gasteiger partial charge is 0.209 e. The Bertz CT molecular complexity index is 1270. The topological polar surface area (TPSA) is 41.0 Å². The molecule has 0 radical (unpaired) electrons. The summed E-state index contributed by atoms with van der Waals surface area (Å²) in [5.74, 6) is 0. The van der Waals surface area contributed by atoms with Gasteiger partial charge in [-0.3, -0.25) is 4.98 Å². The van der Waals surface area contributed by atoms with E-state index in [2.05, 4.69) is 55.0 Å². The van der Waals surface area contributed by atoms with E-state index in [1.54, 1.807) is 0 Å². The van der Waals surface area contributed by atoms with Crippen molar-refractivity contribution in [3.8, 4) is 0 Å². The number of nitrogens with zero attached hydrogens (tertiary/aromatic N) is 4. The van der Waals surface area contributed by atoms with Crippen molar-refractivity contribution in [2.45, 2.75) is 25.7 Å². The van der Waals surface area contributed by atoms with Crippen LogP contribution < -0.4 is 9.68 Å². The molecule has 0 amide bonds. The van der Waals surface area contributed by atoms with Crippen molar-refractivity contribution in [2.24, 2.45) is 5.10 Å². The van der Waals surface area contributed by atoms with Gasteiger partial charge < -0.3 is 9.42 Å². The third-order valence-corrected chi connectivity index (χ3v) is 9.96. The maximum atomic E-state index is 6.63. The number of hydrogen-bond acceptors (Lipinski definition) is 5. The summed E-state index contributed by atoms with van der Waals surface area (Å²) >= 11 is 6.40. The molecule has 3 heterocycles.